The van der Waals surface area contributed by atoms with Gasteiger partial charge in [-0.15, -0.1) is 0 Å². The monoisotopic (exact) mass is 281 g/mol. The maximum absolute atomic E-state index is 11.9. The Morgan fingerprint density at radius 3 is 2.75 bits per heavy atom. The van der Waals surface area contributed by atoms with E-state index in [1.807, 2.05) is 0 Å². The van der Waals surface area contributed by atoms with Crippen LogP contribution in [-0.2, 0) is 0 Å². The number of aliphatic hydroxyl groups is 1. The highest BCUT2D eigenvalue weighted by molar-refractivity contribution is 5.94. The van der Waals surface area contributed by atoms with Crippen molar-refractivity contribution in [3.63, 3.8) is 0 Å². The topological polar surface area (TPSA) is 67.8 Å². The number of ether oxygens (including phenoxy) is 2. The summed E-state index contributed by atoms with van der Waals surface area (Å²) >= 11 is 0. The summed E-state index contributed by atoms with van der Waals surface area (Å²) in [7, 11) is 1.54. The molecule has 2 N–H and O–H groups in total. The van der Waals surface area contributed by atoms with Crippen molar-refractivity contribution in [3.8, 4) is 11.5 Å². The second-order valence-corrected chi connectivity index (χ2v) is 4.63. The van der Waals surface area contributed by atoms with E-state index in [1.54, 1.807) is 32.2 Å². The van der Waals surface area contributed by atoms with E-state index < -0.39 is 6.10 Å². The number of aliphatic hydroxyl groups excluding tert-OH is 1. The maximum Gasteiger partial charge on any atom is 0.251 e. The fourth-order valence-electron chi connectivity index (χ4n) is 1.60. The van der Waals surface area contributed by atoms with Crippen molar-refractivity contribution < 1.29 is 19.4 Å². The molecule has 0 aliphatic heterocycles. The lowest BCUT2D eigenvalue weighted by atomic mass is 10.2. The Kier molecular flexibility index (Phi) is 6.87. The Balaban J connectivity index is 2.73. The van der Waals surface area contributed by atoms with E-state index in [-0.39, 0.29) is 12.5 Å². The van der Waals surface area contributed by atoms with Crippen molar-refractivity contribution in [3.05, 3.63) is 23.8 Å². The van der Waals surface area contributed by atoms with Crippen LogP contribution < -0.4 is 14.8 Å². The van der Waals surface area contributed by atoms with Crippen molar-refractivity contribution in [2.45, 2.75) is 32.8 Å². The van der Waals surface area contributed by atoms with Crippen LogP contribution in [0.3, 0.4) is 0 Å². The Bertz CT molecular complexity index is 432. The zero-order chi connectivity index (χ0) is 15.0. The first-order valence-electron chi connectivity index (χ1n) is 6.85. The van der Waals surface area contributed by atoms with E-state index in [2.05, 4.69) is 12.2 Å². The van der Waals surface area contributed by atoms with Gasteiger partial charge in [-0.1, -0.05) is 13.3 Å². The number of carbonyl (C=O) groups is 1. The number of hydrogen-bond donors (Lipinski definition) is 2. The first-order valence-corrected chi connectivity index (χ1v) is 6.85. The van der Waals surface area contributed by atoms with E-state index in [4.69, 9.17) is 14.6 Å². The van der Waals surface area contributed by atoms with E-state index in [0.29, 0.717) is 23.7 Å². The molecule has 0 spiro atoms. The lowest BCUT2D eigenvalue weighted by Crippen LogP contribution is -2.30. The lowest BCUT2D eigenvalue weighted by molar-refractivity contribution is 0.0923. The largest absolute Gasteiger partial charge is 0.493 e. The maximum atomic E-state index is 11.9. The molecule has 0 heterocycles. The van der Waals surface area contributed by atoms with Gasteiger partial charge in [-0.05, 0) is 31.5 Å². The number of benzene rings is 1. The highest BCUT2D eigenvalue weighted by Gasteiger charge is 2.11. The average molecular weight is 281 g/mol. The highest BCUT2D eigenvalue weighted by Crippen LogP contribution is 2.28. The summed E-state index contributed by atoms with van der Waals surface area (Å²) in [5.41, 5.74) is 0.477. The SMILES string of the molecule is CCCCOc1ccc(C(=O)NCC(C)O)cc1OC. The van der Waals surface area contributed by atoms with Gasteiger partial charge < -0.3 is 19.9 Å². The number of carbonyl (C=O) groups excluding carboxylic acids is 1. The molecule has 0 saturated carbocycles. The normalized spacial score (nSPS) is 11.8. The lowest BCUT2D eigenvalue weighted by Gasteiger charge is -2.12. The molecule has 0 aliphatic carbocycles. The molecule has 5 heteroatoms. The molecular formula is C15H23NO4. The van der Waals surface area contributed by atoms with Crippen LogP contribution in [0.2, 0.25) is 0 Å². The summed E-state index contributed by atoms with van der Waals surface area (Å²) in [6.45, 7) is 4.55. The fraction of sp³-hybridized carbons (Fsp3) is 0.533. The molecule has 1 rings (SSSR count). The molecule has 1 unspecified atom stereocenters. The van der Waals surface area contributed by atoms with Gasteiger partial charge in [0.1, 0.15) is 0 Å². The zero-order valence-corrected chi connectivity index (χ0v) is 12.3. The van der Waals surface area contributed by atoms with Crippen molar-refractivity contribution in [1.82, 2.24) is 5.32 Å². The van der Waals surface area contributed by atoms with Crippen LogP contribution in [-0.4, -0.2) is 37.4 Å². The number of nitrogens with one attached hydrogen (secondary N) is 1. The van der Waals surface area contributed by atoms with Crippen molar-refractivity contribution >= 4 is 5.91 Å². The van der Waals surface area contributed by atoms with Crippen LogP contribution in [0.5, 0.6) is 11.5 Å². The number of methoxy groups -OCH3 is 1. The molecule has 0 bridgehead atoms. The number of hydrogen-bond acceptors (Lipinski definition) is 4. The van der Waals surface area contributed by atoms with Crippen LogP contribution in [0.1, 0.15) is 37.0 Å². The molecular weight excluding hydrogens is 258 g/mol. The zero-order valence-electron chi connectivity index (χ0n) is 12.3. The molecule has 1 amide bonds. The van der Waals surface area contributed by atoms with Gasteiger partial charge in [0.15, 0.2) is 11.5 Å². The first kappa shape index (κ1) is 16.3. The molecule has 20 heavy (non-hydrogen) atoms. The van der Waals surface area contributed by atoms with Gasteiger partial charge in [-0.25, -0.2) is 0 Å². The summed E-state index contributed by atoms with van der Waals surface area (Å²) in [6, 6.07) is 5.05. The molecule has 1 aromatic rings. The van der Waals surface area contributed by atoms with Gasteiger partial charge in [-0.2, -0.15) is 0 Å². The highest BCUT2D eigenvalue weighted by atomic mass is 16.5. The summed E-state index contributed by atoms with van der Waals surface area (Å²) in [6.07, 6.45) is 1.46. The van der Waals surface area contributed by atoms with Crippen LogP contribution in [0, 0.1) is 0 Å². The Labute approximate surface area is 119 Å². The minimum Gasteiger partial charge on any atom is -0.493 e. The predicted octanol–water partition coefficient (Wildman–Crippen LogP) is 1.98. The van der Waals surface area contributed by atoms with Gasteiger partial charge in [0, 0.05) is 12.1 Å². The smallest absolute Gasteiger partial charge is 0.251 e. The second-order valence-electron chi connectivity index (χ2n) is 4.63. The standard InChI is InChI=1S/C15H23NO4/c1-4-5-8-20-13-7-6-12(9-14(13)19-3)15(18)16-10-11(2)17/h6-7,9,11,17H,4-5,8,10H2,1-3H3,(H,16,18). The number of unbranched alkanes of at least 4 members (excludes halogenated alkanes) is 1. The van der Waals surface area contributed by atoms with E-state index in [1.165, 1.54) is 0 Å². The minimum atomic E-state index is -0.572. The molecule has 5 nitrogen and oxygen atoms in total. The van der Waals surface area contributed by atoms with Crippen LogP contribution in [0.15, 0.2) is 18.2 Å². The van der Waals surface area contributed by atoms with Gasteiger partial charge >= 0.3 is 0 Å². The summed E-state index contributed by atoms with van der Waals surface area (Å²) in [5.74, 6) is 0.920. The Morgan fingerprint density at radius 2 is 2.15 bits per heavy atom. The minimum absolute atomic E-state index is 0.218. The second kappa shape index (κ2) is 8.43. The molecule has 0 aromatic heterocycles. The molecule has 112 valence electrons. The van der Waals surface area contributed by atoms with Gasteiger partial charge in [0.2, 0.25) is 0 Å². The fourth-order valence-corrected chi connectivity index (χ4v) is 1.60. The van der Waals surface area contributed by atoms with Crippen LogP contribution in [0.25, 0.3) is 0 Å². The van der Waals surface area contributed by atoms with Gasteiger partial charge in [0.25, 0.3) is 5.91 Å². The van der Waals surface area contributed by atoms with Crippen molar-refractivity contribution in [2.24, 2.45) is 0 Å². The summed E-state index contributed by atoms with van der Waals surface area (Å²) < 4.78 is 10.8. The van der Waals surface area contributed by atoms with Crippen LogP contribution >= 0.6 is 0 Å². The molecule has 0 saturated heterocycles. The first-order chi connectivity index (χ1) is 9.58. The van der Waals surface area contributed by atoms with Gasteiger partial charge in [-0.3, -0.25) is 4.79 Å². The third kappa shape index (κ3) is 5.09. The number of amides is 1. The van der Waals surface area contributed by atoms with E-state index >= 15 is 0 Å². The third-order valence-electron chi connectivity index (χ3n) is 2.74. The summed E-state index contributed by atoms with van der Waals surface area (Å²) in [4.78, 5) is 11.9. The van der Waals surface area contributed by atoms with Crippen molar-refractivity contribution in [1.29, 1.82) is 0 Å². The average Bonchev–Trinajstić information content (AvgIpc) is 2.45. The Hall–Kier alpha value is -1.75. The van der Waals surface area contributed by atoms with E-state index in [9.17, 15) is 4.79 Å². The molecule has 1 atom stereocenters. The third-order valence-corrected chi connectivity index (χ3v) is 2.74. The molecule has 0 fully saturated rings. The van der Waals surface area contributed by atoms with E-state index in [0.717, 1.165) is 12.8 Å². The molecule has 0 radical (unpaired) electrons. The number of rotatable bonds is 8. The summed E-state index contributed by atoms with van der Waals surface area (Å²) in [5, 5.41) is 11.8. The van der Waals surface area contributed by atoms with Crippen molar-refractivity contribution in [2.75, 3.05) is 20.3 Å². The molecule has 0 aliphatic rings. The van der Waals surface area contributed by atoms with Crippen LogP contribution in [0.4, 0.5) is 0 Å². The van der Waals surface area contributed by atoms with Gasteiger partial charge in [0.05, 0.1) is 19.8 Å². The quantitative estimate of drug-likeness (QED) is 0.715. The molecule has 1 aromatic carbocycles. The predicted molar refractivity (Wildman–Crippen MR) is 77.4 cm³/mol. The Morgan fingerprint density at radius 1 is 1.40 bits per heavy atom.